The van der Waals surface area contributed by atoms with E-state index in [9.17, 15) is 9.59 Å². The number of nitrogens with zero attached hydrogens (tertiary/aromatic N) is 4. The van der Waals surface area contributed by atoms with Gasteiger partial charge in [-0.3, -0.25) is 4.79 Å². The number of hydrogen-bond acceptors (Lipinski definition) is 7. The Bertz CT molecular complexity index is 895. The van der Waals surface area contributed by atoms with E-state index < -0.39 is 11.7 Å². The highest BCUT2D eigenvalue weighted by atomic mass is 32.2. The minimum Gasteiger partial charge on any atom is -0.442 e. The molecule has 0 atom stereocenters. The fourth-order valence-corrected chi connectivity index (χ4v) is 2.74. The van der Waals surface area contributed by atoms with Crippen molar-refractivity contribution < 1.29 is 14.3 Å². The van der Waals surface area contributed by atoms with E-state index in [1.54, 1.807) is 45.3 Å². The topological polar surface area (TPSA) is 97.9 Å². The van der Waals surface area contributed by atoms with E-state index in [0.717, 1.165) is 10.9 Å². The lowest BCUT2D eigenvalue weighted by molar-refractivity contribution is -0.116. The number of rotatable bonds is 2. The molecule has 1 aromatic carbocycles. The molecule has 1 N–H and O–H groups in total. The number of amides is 1. The van der Waals surface area contributed by atoms with Crippen LogP contribution in [0, 0.1) is 0 Å². The molecule has 1 saturated heterocycles. The van der Waals surface area contributed by atoms with Crippen LogP contribution in [-0.4, -0.2) is 44.5 Å². The number of benzene rings is 1. The molecule has 25 heavy (non-hydrogen) atoms. The summed E-state index contributed by atoms with van der Waals surface area (Å²) in [7, 11) is 0. The SMILES string of the molecule is CC(C)(C)OC(=O)n1ncc2cc(C=NN=C3NC(=O)CS3)ccc21. The van der Waals surface area contributed by atoms with Crippen molar-refractivity contribution in [2.24, 2.45) is 10.2 Å². The molecule has 9 heteroatoms. The zero-order chi connectivity index (χ0) is 18.0. The van der Waals surface area contributed by atoms with Crippen LogP contribution in [0.4, 0.5) is 4.79 Å². The molecule has 1 fully saturated rings. The van der Waals surface area contributed by atoms with E-state index in [1.165, 1.54) is 16.4 Å². The summed E-state index contributed by atoms with van der Waals surface area (Å²) in [6, 6.07) is 5.41. The number of thioether (sulfide) groups is 1. The Kier molecular flexibility index (Phi) is 4.58. The summed E-state index contributed by atoms with van der Waals surface area (Å²) >= 11 is 1.31. The van der Waals surface area contributed by atoms with Gasteiger partial charge in [0.05, 0.1) is 23.7 Å². The first-order valence-corrected chi connectivity index (χ1v) is 8.55. The molecule has 0 radical (unpaired) electrons. The van der Waals surface area contributed by atoms with Crippen LogP contribution >= 0.6 is 11.8 Å². The Morgan fingerprint density at radius 2 is 2.24 bits per heavy atom. The zero-order valence-corrected chi connectivity index (χ0v) is 14.8. The molecular formula is C16H17N5O3S. The van der Waals surface area contributed by atoms with E-state index >= 15 is 0 Å². The second-order valence-corrected chi connectivity index (χ2v) is 7.31. The van der Waals surface area contributed by atoms with Gasteiger partial charge in [0.25, 0.3) is 0 Å². The minimum atomic E-state index is -0.588. The van der Waals surface area contributed by atoms with Gasteiger partial charge in [-0.1, -0.05) is 17.8 Å². The number of fused-ring (bicyclic) bond motifs is 1. The van der Waals surface area contributed by atoms with Gasteiger partial charge < -0.3 is 10.1 Å². The van der Waals surface area contributed by atoms with E-state index in [4.69, 9.17) is 4.74 Å². The maximum absolute atomic E-state index is 12.2. The Morgan fingerprint density at radius 1 is 1.44 bits per heavy atom. The standard InChI is InChI=1S/C16H17N5O3S/c1-16(2,3)24-15(23)21-12-5-4-10(6-11(12)8-18-21)7-17-20-14-19-13(22)9-25-14/h4-8H,9H2,1-3H3,(H,19,20,22). The Labute approximate surface area is 148 Å². The summed E-state index contributed by atoms with van der Waals surface area (Å²) in [5, 5.41) is 15.9. The monoisotopic (exact) mass is 359 g/mol. The maximum Gasteiger partial charge on any atom is 0.435 e. The largest absolute Gasteiger partial charge is 0.442 e. The van der Waals surface area contributed by atoms with Gasteiger partial charge >= 0.3 is 6.09 Å². The molecule has 0 aliphatic carbocycles. The number of carbonyl (C=O) groups excluding carboxylic acids is 2. The van der Waals surface area contributed by atoms with Crippen molar-refractivity contribution in [1.29, 1.82) is 0 Å². The molecular weight excluding hydrogens is 342 g/mol. The highest BCUT2D eigenvalue weighted by molar-refractivity contribution is 8.15. The van der Waals surface area contributed by atoms with Crippen molar-refractivity contribution >= 4 is 46.0 Å². The average molecular weight is 359 g/mol. The van der Waals surface area contributed by atoms with Crippen LogP contribution in [0.25, 0.3) is 10.9 Å². The lowest BCUT2D eigenvalue weighted by Gasteiger charge is -2.19. The van der Waals surface area contributed by atoms with Crippen LogP contribution in [0.5, 0.6) is 0 Å². The minimum absolute atomic E-state index is 0.0741. The van der Waals surface area contributed by atoms with Crippen LogP contribution in [0.2, 0.25) is 0 Å². The molecule has 0 saturated carbocycles. The van der Waals surface area contributed by atoms with Crippen molar-refractivity contribution in [1.82, 2.24) is 15.1 Å². The molecule has 2 heterocycles. The molecule has 130 valence electrons. The summed E-state index contributed by atoms with van der Waals surface area (Å²) in [4.78, 5) is 23.2. The van der Waals surface area contributed by atoms with Crippen molar-refractivity contribution in [2.75, 3.05) is 5.75 Å². The molecule has 3 rings (SSSR count). The van der Waals surface area contributed by atoms with Gasteiger partial charge in [-0.25, -0.2) is 4.79 Å². The smallest absolute Gasteiger partial charge is 0.435 e. The molecule has 0 spiro atoms. The number of hydrogen-bond donors (Lipinski definition) is 1. The quantitative estimate of drug-likeness (QED) is 0.656. The molecule has 8 nitrogen and oxygen atoms in total. The van der Waals surface area contributed by atoms with E-state index in [1.807, 2.05) is 6.07 Å². The summed E-state index contributed by atoms with van der Waals surface area (Å²) < 4.78 is 6.56. The predicted octanol–water partition coefficient (Wildman–Crippen LogP) is 2.37. The van der Waals surface area contributed by atoms with Gasteiger partial charge in [-0.2, -0.15) is 14.9 Å². The van der Waals surface area contributed by atoms with Gasteiger partial charge in [0.15, 0.2) is 5.17 Å². The predicted molar refractivity (Wildman–Crippen MR) is 97.0 cm³/mol. The Morgan fingerprint density at radius 3 is 2.92 bits per heavy atom. The highest BCUT2D eigenvalue weighted by Crippen LogP contribution is 2.17. The van der Waals surface area contributed by atoms with Crippen molar-refractivity contribution in [3.63, 3.8) is 0 Å². The van der Waals surface area contributed by atoms with Gasteiger partial charge in [-0.15, -0.1) is 5.10 Å². The summed E-state index contributed by atoms with van der Waals surface area (Å²) in [6.07, 6.45) is 2.64. The Hall–Kier alpha value is -2.68. The van der Waals surface area contributed by atoms with Crippen LogP contribution in [-0.2, 0) is 9.53 Å². The fraction of sp³-hybridized carbons (Fsp3) is 0.312. The zero-order valence-electron chi connectivity index (χ0n) is 14.0. The van der Waals surface area contributed by atoms with Crippen LogP contribution in [0.15, 0.2) is 34.6 Å². The van der Waals surface area contributed by atoms with Crippen molar-refractivity contribution in [2.45, 2.75) is 26.4 Å². The van der Waals surface area contributed by atoms with Crippen LogP contribution in [0.1, 0.15) is 26.3 Å². The third-order valence-electron chi connectivity index (χ3n) is 3.10. The molecule has 0 bridgehead atoms. The lowest BCUT2D eigenvalue weighted by atomic mass is 10.2. The maximum atomic E-state index is 12.2. The first kappa shape index (κ1) is 17.2. The van der Waals surface area contributed by atoms with Gasteiger partial charge in [-0.05, 0) is 38.5 Å². The second kappa shape index (κ2) is 6.67. The molecule has 0 unspecified atom stereocenters. The average Bonchev–Trinajstić information content (AvgIpc) is 3.11. The van der Waals surface area contributed by atoms with Crippen LogP contribution in [0.3, 0.4) is 0 Å². The number of ether oxygens (including phenoxy) is 1. The van der Waals surface area contributed by atoms with Gasteiger partial charge in [0, 0.05) is 5.39 Å². The summed E-state index contributed by atoms with van der Waals surface area (Å²) in [6.45, 7) is 5.41. The van der Waals surface area contributed by atoms with Crippen LogP contribution < -0.4 is 5.32 Å². The van der Waals surface area contributed by atoms with Crippen molar-refractivity contribution in [3.05, 3.63) is 30.0 Å². The molecule has 1 aromatic heterocycles. The number of carbonyl (C=O) groups is 2. The molecule has 1 aliphatic heterocycles. The van der Waals surface area contributed by atoms with E-state index in [-0.39, 0.29) is 5.91 Å². The van der Waals surface area contributed by atoms with Gasteiger partial charge in [0.1, 0.15) is 5.60 Å². The third kappa shape index (κ3) is 4.24. The van der Waals surface area contributed by atoms with E-state index in [2.05, 4.69) is 20.6 Å². The van der Waals surface area contributed by atoms with Gasteiger partial charge in [0.2, 0.25) is 5.91 Å². The number of aromatic nitrogens is 2. The number of amidine groups is 1. The molecule has 1 amide bonds. The van der Waals surface area contributed by atoms with E-state index in [0.29, 0.717) is 16.4 Å². The second-order valence-electron chi connectivity index (χ2n) is 6.34. The third-order valence-corrected chi connectivity index (χ3v) is 3.96. The molecule has 1 aliphatic rings. The lowest BCUT2D eigenvalue weighted by Crippen LogP contribution is -2.27. The summed E-state index contributed by atoms with van der Waals surface area (Å²) in [5.74, 6) is 0.291. The highest BCUT2D eigenvalue weighted by Gasteiger charge is 2.20. The first-order valence-electron chi connectivity index (χ1n) is 7.57. The number of nitrogens with one attached hydrogen (secondary N) is 1. The molecule has 2 aromatic rings. The van der Waals surface area contributed by atoms with Crippen molar-refractivity contribution in [3.8, 4) is 0 Å². The fourth-order valence-electron chi connectivity index (χ4n) is 2.11. The Balaban J connectivity index is 1.78. The first-order chi connectivity index (χ1) is 11.8. The normalized spacial score (nSPS) is 16.8. The summed E-state index contributed by atoms with van der Waals surface area (Å²) in [5.41, 5.74) is 0.862.